The van der Waals surface area contributed by atoms with Crippen LogP contribution in [0.25, 0.3) is 28.0 Å². The summed E-state index contributed by atoms with van der Waals surface area (Å²) in [7, 11) is 0. The Balaban J connectivity index is 1.80. The van der Waals surface area contributed by atoms with Gasteiger partial charge in [0.15, 0.2) is 5.65 Å². The topological polar surface area (TPSA) is 112 Å². The van der Waals surface area contributed by atoms with Gasteiger partial charge in [-0.05, 0) is 44.2 Å². The van der Waals surface area contributed by atoms with Crippen LogP contribution < -0.4 is 10.6 Å². The number of anilines is 1. The van der Waals surface area contributed by atoms with Crippen molar-refractivity contribution in [2.24, 2.45) is 0 Å². The number of phenols is 1. The number of pyridine rings is 1. The van der Waals surface area contributed by atoms with Gasteiger partial charge in [-0.3, -0.25) is 4.79 Å². The molecule has 1 saturated heterocycles. The van der Waals surface area contributed by atoms with Crippen molar-refractivity contribution in [2.45, 2.75) is 26.0 Å². The highest BCUT2D eigenvalue weighted by Gasteiger charge is 2.30. The number of halogens is 2. The van der Waals surface area contributed by atoms with E-state index >= 15 is 0 Å². The molecule has 2 atom stereocenters. The van der Waals surface area contributed by atoms with Gasteiger partial charge in [-0.25, -0.2) is 18.7 Å². The van der Waals surface area contributed by atoms with Crippen molar-refractivity contribution in [3.8, 4) is 22.7 Å². The summed E-state index contributed by atoms with van der Waals surface area (Å²) in [5.41, 5.74) is -0.0238. The third kappa shape index (κ3) is 4.69. The van der Waals surface area contributed by atoms with E-state index in [1.54, 1.807) is 42.2 Å². The lowest BCUT2D eigenvalue weighted by Crippen LogP contribution is -2.54. The molecular formula is C29H27ClFN5O4. The number of carbonyl (C=O) groups is 1. The second-order valence-electron chi connectivity index (χ2n) is 9.64. The average Bonchev–Trinajstić information content (AvgIpc) is 2.92. The Morgan fingerprint density at radius 3 is 2.62 bits per heavy atom. The molecule has 0 radical (unpaired) electrons. The number of carbonyl (C=O) groups excluding carboxylic acids is 1. The van der Waals surface area contributed by atoms with Crippen molar-refractivity contribution >= 4 is 34.4 Å². The highest BCUT2D eigenvalue weighted by atomic mass is 35.5. The van der Waals surface area contributed by atoms with E-state index in [0.717, 1.165) is 0 Å². The number of piperazine rings is 1. The Labute approximate surface area is 234 Å². The predicted molar refractivity (Wildman–Crippen MR) is 151 cm³/mol. The molecule has 206 valence electrons. The van der Waals surface area contributed by atoms with Gasteiger partial charge in [-0.15, -0.1) is 0 Å². The van der Waals surface area contributed by atoms with Crippen LogP contribution in [0.2, 0.25) is 5.02 Å². The first-order chi connectivity index (χ1) is 19.1. The molecule has 1 aliphatic heterocycles. The molecule has 0 bridgehead atoms. The van der Waals surface area contributed by atoms with E-state index in [-0.39, 0.29) is 39.6 Å². The Morgan fingerprint density at radius 1 is 1.20 bits per heavy atom. The van der Waals surface area contributed by atoms with Gasteiger partial charge in [-0.1, -0.05) is 42.4 Å². The van der Waals surface area contributed by atoms with E-state index in [9.17, 15) is 24.2 Å². The van der Waals surface area contributed by atoms with Crippen LogP contribution in [0.1, 0.15) is 25.5 Å². The number of fused-ring (bicyclic) bond motifs is 1. The molecule has 9 nitrogen and oxygen atoms in total. The molecule has 0 aliphatic carbocycles. The van der Waals surface area contributed by atoms with Gasteiger partial charge in [-0.2, -0.15) is 4.98 Å². The summed E-state index contributed by atoms with van der Waals surface area (Å²) in [6.07, 6.45) is 0.343. The quantitative estimate of drug-likeness (QED) is 0.350. The third-order valence-corrected chi connectivity index (χ3v) is 7.33. The molecule has 5 rings (SSSR count). The molecule has 1 amide bonds. The molecule has 40 heavy (non-hydrogen) atoms. The number of hydrogen-bond donors (Lipinski definition) is 2. The van der Waals surface area contributed by atoms with Crippen molar-refractivity contribution < 1.29 is 19.4 Å². The van der Waals surface area contributed by atoms with Gasteiger partial charge in [0.1, 0.15) is 17.4 Å². The first-order valence-electron chi connectivity index (χ1n) is 12.7. The monoisotopic (exact) mass is 563 g/mol. The average molecular weight is 564 g/mol. The van der Waals surface area contributed by atoms with Crippen LogP contribution in [-0.4, -0.2) is 61.2 Å². The molecule has 0 saturated carbocycles. The number of hydrogen-bond acceptors (Lipinski definition) is 7. The molecule has 0 unspecified atom stereocenters. The van der Waals surface area contributed by atoms with Crippen LogP contribution >= 0.6 is 11.6 Å². The summed E-state index contributed by atoms with van der Waals surface area (Å²) in [5, 5.41) is 21.4. The fraction of sp³-hybridized carbons (Fsp3) is 0.241. The second-order valence-corrected chi connectivity index (χ2v) is 10.1. The van der Waals surface area contributed by atoms with Crippen LogP contribution in [0.5, 0.6) is 5.75 Å². The van der Waals surface area contributed by atoms with Crippen LogP contribution in [0.4, 0.5) is 10.2 Å². The number of aromatic nitrogens is 3. The van der Waals surface area contributed by atoms with E-state index in [2.05, 4.69) is 16.5 Å². The van der Waals surface area contributed by atoms with Crippen LogP contribution in [-0.2, 0) is 4.79 Å². The molecule has 2 N–H and O–H groups in total. The summed E-state index contributed by atoms with van der Waals surface area (Å²) >= 11 is 6.65. The van der Waals surface area contributed by atoms with Crippen LogP contribution in [0, 0.1) is 5.82 Å². The van der Waals surface area contributed by atoms with Crippen molar-refractivity contribution in [3.63, 3.8) is 0 Å². The van der Waals surface area contributed by atoms with Crippen LogP contribution in [0.3, 0.4) is 0 Å². The minimum Gasteiger partial charge on any atom is -0.507 e. The smallest absolute Gasteiger partial charge is 0.355 e. The molecule has 1 aliphatic rings. The number of amides is 1. The number of rotatable bonds is 5. The van der Waals surface area contributed by atoms with Crippen molar-refractivity contribution in [1.82, 2.24) is 19.4 Å². The van der Waals surface area contributed by atoms with Gasteiger partial charge >= 0.3 is 5.69 Å². The third-order valence-electron chi connectivity index (χ3n) is 7.04. The van der Waals surface area contributed by atoms with Gasteiger partial charge in [0.2, 0.25) is 5.91 Å². The van der Waals surface area contributed by atoms with E-state index < -0.39 is 17.6 Å². The maximum absolute atomic E-state index is 14.9. The first-order valence-corrected chi connectivity index (χ1v) is 13.1. The van der Waals surface area contributed by atoms with Crippen molar-refractivity contribution in [3.05, 3.63) is 88.1 Å². The van der Waals surface area contributed by atoms with E-state index in [1.807, 2.05) is 11.8 Å². The fourth-order valence-corrected chi connectivity index (χ4v) is 5.36. The molecular weight excluding hydrogens is 537 g/mol. The Hall–Kier alpha value is -4.28. The number of nitrogens with zero attached hydrogens (tertiary/aromatic N) is 5. The molecule has 0 spiro atoms. The zero-order valence-corrected chi connectivity index (χ0v) is 22.6. The largest absolute Gasteiger partial charge is 0.507 e. The SMILES string of the molecule is C=CC(=O)N1CCN(c2nc(=O)n(-c3ccccc3[C@@H](C)O)c3nc(-c4c(O)cccc4F)c(Cl)cc23)[C@@H](C)C1. The van der Waals surface area contributed by atoms with E-state index in [0.29, 0.717) is 42.1 Å². The number of phenolic OH excluding ortho intramolecular Hbond substituents is 1. The molecule has 11 heteroatoms. The molecule has 2 aromatic heterocycles. The maximum Gasteiger partial charge on any atom is 0.355 e. The summed E-state index contributed by atoms with van der Waals surface area (Å²) in [6, 6.07) is 12.0. The van der Waals surface area contributed by atoms with E-state index in [1.165, 1.54) is 28.8 Å². The lowest BCUT2D eigenvalue weighted by atomic mass is 10.1. The highest BCUT2D eigenvalue weighted by molar-refractivity contribution is 6.34. The normalized spacial score (nSPS) is 16.3. The Kier molecular flexibility index (Phi) is 7.31. The van der Waals surface area contributed by atoms with Crippen molar-refractivity contribution in [1.29, 1.82) is 0 Å². The Morgan fingerprint density at radius 2 is 1.95 bits per heavy atom. The zero-order chi connectivity index (χ0) is 28.7. The number of aromatic hydroxyl groups is 1. The first kappa shape index (κ1) is 27.3. The molecule has 1 fully saturated rings. The van der Waals surface area contributed by atoms with Crippen LogP contribution in [0.15, 0.2) is 66.0 Å². The highest BCUT2D eigenvalue weighted by Crippen LogP contribution is 2.39. The second kappa shape index (κ2) is 10.7. The minimum atomic E-state index is -0.921. The van der Waals surface area contributed by atoms with Gasteiger partial charge in [0.25, 0.3) is 0 Å². The van der Waals surface area contributed by atoms with Gasteiger partial charge < -0.3 is 20.0 Å². The predicted octanol–water partition coefficient (Wildman–Crippen LogP) is 4.22. The Bertz CT molecular complexity index is 1690. The number of benzene rings is 2. The van der Waals surface area contributed by atoms with E-state index in [4.69, 9.17) is 11.6 Å². The number of aliphatic hydroxyl groups excluding tert-OH is 1. The van der Waals surface area contributed by atoms with Gasteiger partial charge in [0.05, 0.1) is 33.5 Å². The molecule has 3 heterocycles. The van der Waals surface area contributed by atoms with Gasteiger partial charge in [0, 0.05) is 31.2 Å². The zero-order valence-electron chi connectivity index (χ0n) is 21.9. The summed E-state index contributed by atoms with van der Waals surface area (Å²) in [5.74, 6) is -0.980. The molecule has 2 aromatic carbocycles. The lowest BCUT2D eigenvalue weighted by molar-refractivity contribution is -0.126. The number of aliphatic hydroxyl groups is 1. The molecule has 4 aromatic rings. The maximum atomic E-state index is 14.9. The summed E-state index contributed by atoms with van der Waals surface area (Å²) in [4.78, 5) is 38.6. The summed E-state index contributed by atoms with van der Waals surface area (Å²) in [6.45, 7) is 8.18. The minimum absolute atomic E-state index is 0.0399. The fourth-order valence-electron chi connectivity index (χ4n) is 5.11. The lowest BCUT2D eigenvalue weighted by Gasteiger charge is -2.40. The summed E-state index contributed by atoms with van der Waals surface area (Å²) < 4.78 is 16.2. The number of para-hydroxylation sites is 1. The van der Waals surface area contributed by atoms with Crippen molar-refractivity contribution in [2.75, 3.05) is 24.5 Å². The standard InChI is InChI=1S/C29H27ClFN5O4/c1-4-24(39)34-12-13-35(16(2)15-34)27-19-14-20(30)26(25-21(31)9-7-11-23(25)38)32-28(19)36(29(40)33-27)22-10-6-5-8-18(22)17(3)37/h4-11,14,16-17,37-38H,1,12-13,15H2,2-3H3/t16-,17+/m0/s1.